The SMILES string of the molecule is C[C@H](ONC(=O)C1CC(=O)Nc2ncccc21)c1ccncc1. The predicted octanol–water partition coefficient (Wildman–Crippen LogP) is 1.71. The molecule has 3 rings (SSSR count). The van der Waals surface area contributed by atoms with Crippen LogP contribution in [0.2, 0.25) is 0 Å². The lowest BCUT2D eigenvalue weighted by molar-refractivity contribution is -0.141. The molecule has 0 aliphatic carbocycles. The molecule has 7 nitrogen and oxygen atoms in total. The van der Waals surface area contributed by atoms with Crippen LogP contribution in [0.25, 0.3) is 0 Å². The van der Waals surface area contributed by atoms with Gasteiger partial charge in [0.25, 0.3) is 5.91 Å². The fraction of sp³-hybridized carbons (Fsp3) is 0.250. The molecule has 23 heavy (non-hydrogen) atoms. The minimum Gasteiger partial charge on any atom is -0.310 e. The highest BCUT2D eigenvalue weighted by Crippen LogP contribution is 2.30. The zero-order valence-electron chi connectivity index (χ0n) is 12.5. The zero-order chi connectivity index (χ0) is 16.2. The number of aromatic nitrogens is 2. The first-order valence-electron chi connectivity index (χ1n) is 7.25. The number of carbonyl (C=O) groups is 2. The number of rotatable bonds is 4. The van der Waals surface area contributed by atoms with Gasteiger partial charge in [-0.2, -0.15) is 0 Å². The average Bonchev–Trinajstić information content (AvgIpc) is 2.59. The highest BCUT2D eigenvalue weighted by molar-refractivity contribution is 6.00. The Morgan fingerprint density at radius 2 is 2.13 bits per heavy atom. The molecule has 0 saturated carbocycles. The largest absolute Gasteiger partial charge is 0.310 e. The highest BCUT2D eigenvalue weighted by Gasteiger charge is 2.31. The van der Waals surface area contributed by atoms with Crippen LogP contribution in [0.15, 0.2) is 42.9 Å². The van der Waals surface area contributed by atoms with Crippen molar-refractivity contribution in [3.8, 4) is 0 Å². The lowest BCUT2D eigenvalue weighted by Crippen LogP contribution is -2.35. The Kier molecular flexibility index (Phi) is 4.29. The van der Waals surface area contributed by atoms with Gasteiger partial charge in [-0.15, -0.1) is 0 Å². The summed E-state index contributed by atoms with van der Waals surface area (Å²) in [6.45, 7) is 1.82. The number of fused-ring (bicyclic) bond motifs is 1. The summed E-state index contributed by atoms with van der Waals surface area (Å²) in [5.41, 5.74) is 4.02. The molecule has 0 fully saturated rings. The van der Waals surface area contributed by atoms with Crippen molar-refractivity contribution in [1.29, 1.82) is 0 Å². The first-order chi connectivity index (χ1) is 11.1. The maximum Gasteiger partial charge on any atom is 0.251 e. The van der Waals surface area contributed by atoms with Crippen molar-refractivity contribution in [3.05, 3.63) is 54.0 Å². The normalized spacial score (nSPS) is 17.8. The van der Waals surface area contributed by atoms with Crippen molar-refractivity contribution in [2.45, 2.75) is 25.4 Å². The molecule has 7 heteroatoms. The second-order valence-electron chi connectivity index (χ2n) is 5.25. The third kappa shape index (κ3) is 3.35. The summed E-state index contributed by atoms with van der Waals surface area (Å²) >= 11 is 0. The smallest absolute Gasteiger partial charge is 0.251 e. The minimum atomic E-state index is -0.614. The molecule has 1 aliphatic rings. The van der Waals surface area contributed by atoms with Crippen LogP contribution in [-0.4, -0.2) is 21.8 Å². The van der Waals surface area contributed by atoms with Crippen LogP contribution in [0, 0.1) is 0 Å². The van der Waals surface area contributed by atoms with Crippen LogP contribution in [0.1, 0.15) is 36.5 Å². The number of carbonyl (C=O) groups excluding carboxylic acids is 2. The van der Waals surface area contributed by atoms with E-state index in [1.807, 2.05) is 19.1 Å². The molecule has 2 aromatic rings. The van der Waals surface area contributed by atoms with E-state index in [4.69, 9.17) is 4.84 Å². The van der Waals surface area contributed by atoms with Gasteiger partial charge in [0.1, 0.15) is 11.9 Å². The van der Waals surface area contributed by atoms with Crippen molar-refractivity contribution in [3.63, 3.8) is 0 Å². The number of hydroxylamine groups is 1. The third-order valence-electron chi connectivity index (χ3n) is 3.69. The highest BCUT2D eigenvalue weighted by atomic mass is 16.7. The van der Waals surface area contributed by atoms with E-state index >= 15 is 0 Å². The second-order valence-corrected chi connectivity index (χ2v) is 5.25. The Morgan fingerprint density at radius 3 is 2.91 bits per heavy atom. The lowest BCUT2D eigenvalue weighted by atomic mass is 9.92. The quantitative estimate of drug-likeness (QED) is 0.838. The first-order valence-corrected chi connectivity index (χ1v) is 7.25. The summed E-state index contributed by atoms with van der Waals surface area (Å²) in [4.78, 5) is 37.5. The standard InChI is InChI=1S/C16H16N4O3/c1-10(11-4-7-17-8-5-11)23-20-16(22)13-9-14(21)19-15-12(13)3-2-6-18-15/h2-8,10,13H,9H2,1H3,(H,20,22)(H,18,19,21)/t10-,13?/m0/s1. The Labute approximate surface area is 133 Å². The van der Waals surface area contributed by atoms with Gasteiger partial charge in [-0.05, 0) is 30.7 Å². The van der Waals surface area contributed by atoms with Gasteiger partial charge in [0.2, 0.25) is 5.91 Å². The van der Waals surface area contributed by atoms with Crippen molar-refractivity contribution < 1.29 is 14.4 Å². The third-order valence-corrected chi connectivity index (χ3v) is 3.69. The van der Waals surface area contributed by atoms with Crippen LogP contribution < -0.4 is 10.8 Å². The second kappa shape index (κ2) is 6.53. The van der Waals surface area contributed by atoms with Crippen LogP contribution in [0.3, 0.4) is 0 Å². The number of amides is 2. The molecular formula is C16H16N4O3. The lowest BCUT2D eigenvalue weighted by Gasteiger charge is -2.24. The summed E-state index contributed by atoms with van der Waals surface area (Å²) in [7, 11) is 0. The maximum atomic E-state index is 12.4. The van der Waals surface area contributed by atoms with Crippen molar-refractivity contribution in [2.75, 3.05) is 5.32 Å². The molecule has 0 aromatic carbocycles. The van der Waals surface area contributed by atoms with Crippen molar-refractivity contribution in [1.82, 2.24) is 15.4 Å². The Balaban J connectivity index is 1.68. The number of pyridine rings is 2. The molecule has 2 aromatic heterocycles. The molecule has 118 valence electrons. The molecule has 2 N–H and O–H groups in total. The molecule has 1 aliphatic heterocycles. The van der Waals surface area contributed by atoms with E-state index in [2.05, 4.69) is 20.8 Å². The molecule has 2 atom stereocenters. The average molecular weight is 312 g/mol. The molecule has 2 amide bonds. The van der Waals surface area contributed by atoms with Crippen molar-refractivity contribution >= 4 is 17.6 Å². The molecule has 3 heterocycles. The number of anilines is 1. The van der Waals surface area contributed by atoms with E-state index in [9.17, 15) is 9.59 Å². The molecule has 0 radical (unpaired) electrons. The summed E-state index contributed by atoms with van der Waals surface area (Å²) in [6.07, 6.45) is 4.63. The summed E-state index contributed by atoms with van der Waals surface area (Å²) < 4.78 is 0. The van der Waals surface area contributed by atoms with E-state index < -0.39 is 5.92 Å². The fourth-order valence-electron chi connectivity index (χ4n) is 2.44. The molecule has 0 spiro atoms. The molecular weight excluding hydrogens is 296 g/mol. The molecule has 1 unspecified atom stereocenters. The monoisotopic (exact) mass is 312 g/mol. The zero-order valence-corrected chi connectivity index (χ0v) is 12.5. The summed E-state index contributed by atoms with van der Waals surface area (Å²) in [6, 6.07) is 7.13. The van der Waals surface area contributed by atoms with E-state index in [0.717, 1.165) is 5.56 Å². The van der Waals surface area contributed by atoms with E-state index in [0.29, 0.717) is 11.4 Å². The first kappa shape index (κ1) is 15.1. The summed E-state index contributed by atoms with van der Waals surface area (Å²) in [5, 5.41) is 2.66. The van der Waals surface area contributed by atoms with E-state index in [1.165, 1.54) is 0 Å². The Bertz CT molecular complexity index is 720. The topological polar surface area (TPSA) is 93.2 Å². The predicted molar refractivity (Wildman–Crippen MR) is 82.1 cm³/mol. The van der Waals surface area contributed by atoms with E-state index in [-0.39, 0.29) is 24.3 Å². The van der Waals surface area contributed by atoms with Crippen LogP contribution >= 0.6 is 0 Å². The number of hydrogen-bond acceptors (Lipinski definition) is 5. The van der Waals surface area contributed by atoms with Gasteiger partial charge in [-0.1, -0.05) is 6.07 Å². The Morgan fingerprint density at radius 1 is 1.35 bits per heavy atom. The number of nitrogens with zero attached hydrogens (tertiary/aromatic N) is 2. The van der Waals surface area contributed by atoms with Gasteiger partial charge in [0, 0.05) is 30.6 Å². The van der Waals surface area contributed by atoms with Gasteiger partial charge in [0.05, 0.1) is 5.92 Å². The summed E-state index contributed by atoms with van der Waals surface area (Å²) in [5.74, 6) is -0.795. The van der Waals surface area contributed by atoms with Gasteiger partial charge in [-0.3, -0.25) is 19.4 Å². The Hall–Kier alpha value is -2.80. The van der Waals surface area contributed by atoms with Gasteiger partial charge in [-0.25, -0.2) is 10.5 Å². The van der Waals surface area contributed by atoms with Gasteiger partial charge < -0.3 is 5.32 Å². The number of nitrogens with one attached hydrogen (secondary N) is 2. The fourth-order valence-corrected chi connectivity index (χ4v) is 2.44. The van der Waals surface area contributed by atoms with Crippen LogP contribution in [-0.2, 0) is 14.4 Å². The van der Waals surface area contributed by atoms with Crippen LogP contribution in [0.4, 0.5) is 5.82 Å². The van der Waals surface area contributed by atoms with E-state index in [1.54, 1.807) is 30.7 Å². The van der Waals surface area contributed by atoms with Crippen molar-refractivity contribution in [2.24, 2.45) is 0 Å². The number of hydrogen-bond donors (Lipinski definition) is 2. The van der Waals surface area contributed by atoms with Crippen LogP contribution in [0.5, 0.6) is 0 Å². The van der Waals surface area contributed by atoms with Gasteiger partial charge in [0.15, 0.2) is 0 Å². The maximum absolute atomic E-state index is 12.4. The molecule has 0 saturated heterocycles. The van der Waals surface area contributed by atoms with Gasteiger partial charge >= 0.3 is 0 Å². The molecule has 0 bridgehead atoms. The minimum absolute atomic E-state index is 0.0670.